The fraction of sp³-hybridized carbons (Fsp3) is 0.200. The smallest absolute Gasteiger partial charge is 0.261 e. The van der Waals surface area contributed by atoms with Gasteiger partial charge < -0.3 is 0 Å². The number of thiazole rings is 1. The summed E-state index contributed by atoms with van der Waals surface area (Å²) in [6, 6.07) is 22.2. The van der Waals surface area contributed by atoms with Crippen molar-refractivity contribution in [2.24, 2.45) is 0 Å². The van der Waals surface area contributed by atoms with Gasteiger partial charge in [0.1, 0.15) is 0 Å². The van der Waals surface area contributed by atoms with Crippen molar-refractivity contribution in [3.63, 3.8) is 0 Å². The van der Waals surface area contributed by atoms with E-state index >= 15 is 0 Å². The molecule has 3 nitrogen and oxygen atoms in total. The number of carbonyl (C=O) groups excluding carboxylic acids is 1. The second kappa shape index (κ2) is 9.02. The van der Waals surface area contributed by atoms with Gasteiger partial charge in [-0.25, -0.2) is 4.98 Å². The van der Waals surface area contributed by atoms with Crippen molar-refractivity contribution in [1.29, 1.82) is 0 Å². The largest absolute Gasteiger partial charge is 0.279 e. The van der Waals surface area contributed by atoms with Crippen LogP contribution in [0.4, 0.5) is 5.13 Å². The molecule has 0 radical (unpaired) electrons. The van der Waals surface area contributed by atoms with Gasteiger partial charge in [0.05, 0.1) is 22.3 Å². The summed E-state index contributed by atoms with van der Waals surface area (Å²) in [4.78, 5) is 21.5. The van der Waals surface area contributed by atoms with Crippen molar-refractivity contribution in [2.75, 3.05) is 10.7 Å². The van der Waals surface area contributed by atoms with Gasteiger partial charge in [0, 0.05) is 4.90 Å². The number of hydrogen-bond donors (Lipinski definition) is 0. The van der Waals surface area contributed by atoms with Gasteiger partial charge in [-0.2, -0.15) is 0 Å². The highest BCUT2D eigenvalue weighted by Crippen LogP contribution is 2.34. The quantitative estimate of drug-likeness (QED) is 0.312. The minimum Gasteiger partial charge on any atom is -0.279 e. The summed E-state index contributed by atoms with van der Waals surface area (Å²) >= 11 is 3.28. The number of carbonyl (C=O) groups is 1. The molecular formula is C25H24N2OS2. The number of hydrogen-bond acceptors (Lipinski definition) is 4. The van der Waals surface area contributed by atoms with Crippen molar-refractivity contribution < 1.29 is 4.79 Å². The molecule has 0 aliphatic heterocycles. The third-order valence-corrected chi connectivity index (χ3v) is 7.07. The van der Waals surface area contributed by atoms with Crippen LogP contribution in [0.1, 0.15) is 34.0 Å². The monoisotopic (exact) mass is 432 g/mol. The number of amides is 1. The summed E-state index contributed by atoms with van der Waals surface area (Å²) in [5, 5.41) is 0.740. The second-order valence-corrected chi connectivity index (χ2v) is 9.52. The maximum atomic E-state index is 13.8. The van der Waals surface area contributed by atoms with Gasteiger partial charge >= 0.3 is 0 Å². The first-order valence-corrected chi connectivity index (χ1v) is 11.8. The molecule has 30 heavy (non-hydrogen) atoms. The Hall–Kier alpha value is -2.63. The SMILES string of the molecule is CCSc1ccccc1C(=O)N(Cc1ccccc1)c1nc2cc(C)cc(C)c2s1. The van der Waals surface area contributed by atoms with Crippen LogP contribution in [0.5, 0.6) is 0 Å². The maximum Gasteiger partial charge on any atom is 0.261 e. The molecule has 0 spiro atoms. The van der Waals surface area contributed by atoms with Crippen molar-refractivity contribution >= 4 is 44.4 Å². The number of benzene rings is 3. The molecule has 3 aromatic carbocycles. The van der Waals surface area contributed by atoms with Gasteiger partial charge in [0.2, 0.25) is 0 Å². The summed E-state index contributed by atoms with van der Waals surface area (Å²) in [6.07, 6.45) is 0. The van der Waals surface area contributed by atoms with E-state index in [2.05, 4.69) is 45.0 Å². The Morgan fingerprint density at radius 2 is 1.77 bits per heavy atom. The van der Waals surface area contributed by atoms with Crippen LogP contribution in [0.3, 0.4) is 0 Å². The van der Waals surface area contributed by atoms with Crippen LogP contribution in [0, 0.1) is 13.8 Å². The Morgan fingerprint density at radius 3 is 2.53 bits per heavy atom. The second-order valence-electron chi connectivity index (χ2n) is 7.23. The van der Waals surface area contributed by atoms with Crippen LogP contribution in [0.2, 0.25) is 0 Å². The molecule has 4 rings (SSSR count). The topological polar surface area (TPSA) is 33.2 Å². The van der Waals surface area contributed by atoms with Crippen LogP contribution < -0.4 is 4.90 Å². The molecule has 0 N–H and O–H groups in total. The number of nitrogens with zero attached hydrogens (tertiary/aromatic N) is 2. The molecule has 152 valence electrons. The molecule has 4 aromatic rings. The first-order valence-electron chi connectivity index (χ1n) is 10.0. The minimum absolute atomic E-state index is 0.0103. The number of fused-ring (bicyclic) bond motifs is 1. The molecule has 0 unspecified atom stereocenters. The van der Waals surface area contributed by atoms with Gasteiger partial charge in [-0.1, -0.05) is 66.8 Å². The predicted molar refractivity (Wildman–Crippen MR) is 129 cm³/mol. The van der Waals surface area contributed by atoms with Gasteiger partial charge in [0.25, 0.3) is 5.91 Å². The summed E-state index contributed by atoms with van der Waals surface area (Å²) in [7, 11) is 0. The first-order chi connectivity index (χ1) is 14.6. The highest BCUT2D eigenvalue weighted by molar-refractivity contribution is 7.99. The van der Waals surface area contributed by atoms with Crippen LogP contribution in [0.25, 0.3) is 10.2 Å². The third-order valence-electron chi connectivity index (χ3n) is 4.89. The first kappa shape index (κ1) is 20.6. The zero-order valence-electron chi connectivity index (χ0n) is 17.4. The fourth-order valence-corrected chi connectivity index (χ4v) is 5.35. The number of aromatic nitrogens is 1. The molecule has 5 heteroatoms. The fourth-order valence-electron chi connectivity index (χ4n) is 3.54. The van der Waals surface area contributed by atoms with Crippen LogP contribution in [-0.4, -0.2) is 16.6 Å². The molecule has 0 aliphatic carbocycles. The average molecular weight is 433 g/mol. The van der Waals surface area contributed by atoms with Gasteiger partial charge in [-0.3, -0.25) is 9.69 Å². The van der Waals surface area contributed by atoms with E-state index in [1.165, 1.54) is 11.1 Å². The molecule has 0 fully saturated rings. The normalized spacial score (nSPS) is 11.0. The molecule has 0 saturated heterocycles. The van der Waals surface area contributed by atoms with E-state index in [4.69, 9.17) is 4.98 Å². The van der Waals surface area contributed by atoms with Gasteiger partial charge in [0.15, 0.2) is 5.13 Å². The van der Waals surface area contributed by atoms with Crippen LogP contribution >= 0.6 is 23.1 Å². The van der Waals surface area contributed by atoms with Gasteiger partial charge in [-0.15, -0.1) is 11.8 Å². The van der Waals surface area contributed by atoms with E-state index in [-0.39, 0.29) is 5.91 Å². The lowest BCUT2D eigenvalue weighted by Crippen LogP contribution is -2.30. The standard InChI is InChI=1S/C25H24N2OS2/c1-4-29-22-13-9-8-12-20(22)24(28)27(16-19-10-6-5-7-11-19)25-26-21-15-17(2)14-18(3)23(21)30-25/h5-15H,4,16H2,1-3H3. The molecule has 1 amide bonds. The highest BCUT2D eigenvalue weighted by Gasteiger charge is 2.24. The number of thioether (sulfide) groups is 1. The number of aryl methyl sites for hydroxylation is 2. The van der Waals surface area contributed by atoms with E-state index in [1.807, 2.05) is 47.4 Å². The Kier molecular flexibility index (Phi) is 6.21. The molecule has 1 aromatic heterocycles. The Balaban J connectivity index is 1.81. The van der Waals surface area contributed by atoms with Crippen molar-refractivity contribution in [2.45, 2.75) is 32.2 Å². The molecule has 0 saturated carbocycles. The predicted octanol–water partition coefficient (Wildman–Crippen LogP) is 6.87. The minimum atomic E-state index is -0.0103. The lowest BCUT2D eigenvalue weighted by Gasteiger charge is -2.21. The Morgan fingerprint density at radius 1 is 1.03 bits per heavy atom. The molecule has 1 heterocycles. The van der Waals surface area contributed by atoms with Crippen molar-refractivity contribution in [1.82, 2.24) is 4.98 Å². The lowest BCUT2D eigenvalue weighted by molar-refractivity contribution is 0.0982. The summed E-state index contributed by atoms with van der Waals surface area (Å²) in [6.45, 7) is 6.78. The maximum absolute atomic E-state index is 13.8. The number of anilines is 1. The lowest BCUT2D eigenvalue weighted by atomic mass is 10.1. The van der Waals surface area contributed by atoms with Crippen LogP contribution in [-0.2, 0) is 6.54 Å². The van der Waals surface area contributed by atoms with E-state index < -0.39 is 0 Å². The third kappa shape index (κ3) is 4.27. The Bertz CT molecular complexity index is 1180. The summed E-state index contributed by atoms with van der Waals surface area (Å²) in [5.41, 5.74) is 5.14. The molecule has 0 bridgehead atoms. The highest BCUT2D eigenvalue weighted by atomic mass is 32.2. The molecular weight excluding hydrogens is 408 g/mol. The van der Waals surface area contributed by atoms with E-state index in [9.17, 15) is 4.79 Å². The van der Waals surface area contributed by atoms with Crippen LogP contribution in [0.15, 0.2) is 71.6 Å². The zero-order chi connectivity index (χ0) is 21.1. The van der Waals surface area contributed by atoms with E-state index in [0.29, 0.717) is 6.54 Å². The molecule has 0 atom stereocenters. The van der Waals surface area contributed by atoms with Crippen molar-refractivity contribution in [3.8, 4) is 0 Å². The zero-order valence-corrected chi connectivity index (χ0v) is 19.0. The van der Waals surface area contributed by atoms with E-state index in [1.54, 1.807) is 23.1 Å². The van der Waals surface area contributed by atoms with E-state index in [0.717, 1.165) is 37.1 Å². The summed E-state index contributed by atoms with van der Waals surface area (Å²) in [5.74, 6) is 0.909. The molecule has 0 aliphatic rings. The van der Waals surface area contributed by atoms with Crippen molar-refractivity contribution in [3.05, 3.63) is 89.0 Å². The number of rotatable bonds is 6. The summed E-state index contributed by atoms with van der Waals surface area (Å²) < 4.78 is 1.14. The van der Waals surface area contributed by atoms with Gasteiger partial charge in [-0.05, 0) is 54.5 Å². The Labute approximate surface area is 185 Å². The average Bonchev–Trinajstić information content (AvgIpc) is 3.17.